The first-order valence-corrected chi connectivity index (χ1v) is 8.25. The highest BCUT2D eigenvalue weighted by Crippen LogP contribution is 2.35. The molecule has 0 bridgehead atoms. The minimum Gasteiger partial charge on any atom is -0.493 e. The SMILES string of the molecule is CCOc1cc2c(cc1/C=C/C(=O)O[C@@H](C)C(=O)NC(N)=O)O[C@@H](C)C2. The van der Waals surface area contributed by atoms with E-state index in [4.69, 9.17) is 19.9 Å². The lowest BCUT2D eigenvalue weighted by Crippen LogP contribution is -2.42. The van der Waals surface area contributed by atoms with Crippen molar-refractivity contribution in [3.8, 4) is 11.5 Å². The molecule has 26 heavy (non-hydrogen) atoms. The number of primary amides is 1. The van der Waals surface area contributed by atoms with Gasteiger partial charge >= 0.3 is 12.0 Å². The molecule has 140 valence electrons. The van der Waals surface area contributed by atoms with Crippen molar-refractivity contribution in [1.82, 2.24) is 5.32 Å². The molecule has 1 aromatic carbocycles. The van der Waals surface area contributed by atoms with Crippen LogP contribution in [-0.2, 0) is 20.7 Å². The van der Waals surface area contributed by atoms with Crippen molar-refractivity contribution in [1.29, 1.82) is 0 Å². The molecule has 0 aromatic heterocycles. The van der Waals surface area contributed by atoms with Gasteiger partial charge in [-0.25, -0.2) is 9.59 Å². The maximum absolute atomic E-state index is 11.9. The summed E-state index contributed by atoms with van der Waals surface area (Å²) >= 11 is 0. The van der Waals surface area contributed by atoms with Crippen molar-refractivity contribution < 1.29 is 28.6 Å². The van der Waals surface area contributed by atoms with E-state index in [2.05, 4.69) is 0 Å². The Hall–Kier alpha value is -3.03. The van der Waals surface area contributed by atoms with E-state index in [-0.39, 0.29) is 6.10 Å². The largest absolute Gasteiger partial charge is 0.493 e. The first-order valence-electron chi connectivity index (χ1n) is 8.25. The fourth-order valence-corrected chi connectivity index (χ4v) is 2.51. The van der Waals surface area contributed by atoms with Crippen LogP contribution in [0.4, 0.5) is 4.79 Å². The maximum atomic E-state index is 11.9. The maximum Gasteiger partial charge on any atom is 0.331 e. The predicted molar refractivity (Wildman–Crippen MR) is 93.7 cm³/mol. The zero-order valence-corrected chi connectivity index (χ0v) is 14.9. The number of carbonyl (C=O) groups is 3. The van der Waals surface area contributed by atoms with Crippen molar-refractivity contribution in [2.75, 3.05) is 6.61 Å². The van der Waals surface area contributed by atoms with Gasteiger partial charge in [0.1, 0.15) is 17.6 Å². The van der Waals surface area contributed by atoms with Crippen LogP contribution in [0.1, 0.15) is 31.9 Å². The summed E-state index contributed by atoms with van der Waals surface area (Å²) in [5.41, 5.74) is 6.56. The highest BCUT2D eigenvalue weighted by Gasteiger charge is 2.22. The zero-order chi connectivity index (χ0) is 19.3. The van der Waals surface area contributed by atoms with E-state index in [1.165, 1.54) is 19.1 Å². The Bertz CT molecular complexity index is 743. The summed E-state index contributed by atoms with van der Waals surface area (Å²) in [5, 5.41) is 1.84. The fourth-order valence-electron chi connectivity index (χ4n) is 2.51. The van der Waals surface area contributed by atoms with E-state index in [0.29, 0.717) is 17.9 Å². The van der Waals surface area contributed by atoms with Gasteiger partial charge in [-0.2, -0.15) is 0 Å². The number of urea groups is 1. The lowest BCUT2D eigenvalue weighted by Gasteiger charge is -2.11. The van der Waals surface area contributed by atoms with Crippen LogP contribution in [0.5, 0.6) is 11.5 Å². The number of nitrogens with one attached hydrogen (secondary N) is 1. The van der Waals surface area contributed by atoms with Crippen molar-refractivity contribution in [2.45, 2.75) is 39.4 Å². The van der Waals surface area contributed by atoms with Gasteiger partial charge in [-0.3, -0.25) is 10.1 Å². The van der Waals surface area contributed by atoms with E-state index >= 15 is 0 Å². The number of ether oxygens (including phenoxy) is 3. The third kappa shape index (κ3) is 4.98. The Morgan fingerprint density at radius 1 is 1.42 bits per heavy atom. The first kappa shape index (κ1) is 19.3. The van der Waals surface area contributed by atoms with Crippen molar-refractivity contribution in [3.05, 3.63) is 29.3 Å². The topological polar surface area (TPSA) is 117 Å². The van der Waals surface area contributed by atoms with E-state index in [1.807, 2.05) is 25.2 Å². The number of imide groups is 1. The Kier molecular flexibility index (Phi) is 6.21. The molecule has 0 radical (unpaired) electrons. The molecule has 0 spiro atoms. The quantitative estimate of drug-likeness (QED) is 0.586. The van der Waals surface area contributed by atoms with E-state index in [9.17, 15) is 14.4 Å². The van der Waals surface area contributed by atoms with Crippen LogP contribution >= 0.6 is 0 Å². The molecule has 1 aromatic rings. The van der Waals surface area contributed by atoms with E-state index in [1.54, 1.807) is 6.07 Å². The van der Waals surface area contributed by atoms with Crippen LogP contribution in [0, 0.1) is 0 Å². The highest BCUT2D eigenvalue weighted by molar-refractivity contribution is 5.97. The summed E-state index contributed by atoms with van der Waals surface area (Å²) in [6.07, 6.45) is 2.44. The molecule has 1 aliphatic rings. The first-order chi connectivity index (χ1) is 12.3. The number of amides is 3. The molecule has 0 saturated carbocycles. The van der Waals surface area contributed by atoms with Crippen molar-refractivity contribution in [2.24, 2.45) is 5.73 Å². The summed E-state index contributed by atoms with van der Waals surface area (Å²) in [7, 11) is 0. The molecule has 1 aliphatic heterocycles. The third-order valence-electron chi connectivity index (χ3n) is 3.64. The zero-order valence-electron chi connectivity index (χ0n) is 14.9. The molecule has 8 heteroatoms. The molecule has 0 aliphatic carbocycles. The molecule has 0 unspecified atom stereocenters. The summed E-state index contributed by atoms with van der Waals surface area (Å²) in [6, 6.07) is 2.69. The number of hydrogen-bond donors (Lipinski definition) is 2. The molecule has 1 heterocycles. The monoisotopic (exact) mass is 362 g/mol. The van der Waals surface area contributed by atoms with Crippen molar-refractivity contribution in [3.63, 3.8) is 0 Å². The highest BCUT2D eigenvalue weighted by atomic mass is 16.5. The normalized spacial score (nSPS) is 16.5. The Morgan fingerprint density at radius 3 is 2.81 bits per heavy atom. The summed E-state index contributed by atoms with van der Waals surface area (Å²) in [4.78, 5) is 34.0. The smallest absolute Gasteiger partial charge is 0.331 e. The Labute approximate surface area is 151 Å². The molecule has 0 saturated heterocycles. The second kappa shape index (κ2) is 8.37. The average molecular weight is 362 g/mol. The average Bonchev–Trinajstić information content (AvgIpc) is 2.91. The van der Waals surface area contributed by atoms with E-state index < -0.39 is 24.0 Å². The van der Waals surface area contributed by atoms with Gasteiger partial charge < -0.3 is 19.9 Å². The van der Waals surface area contributed by atoms with Crippen LogP contribution in [0.3, 0.4) is 0 Å². The van der Waals surface area contributed by atoms with Gasteiger partial charge in [0, 0.05) is 23.6 Å². The summed E-state index contributed by atoms with van der Waals surface area (Å²) < 4.78 is 16.3. The Morgan fingerprint density at radius 2 is 2.15 bits per heavy atom. The second-order valence-corrected chi connectivity index (χ2v) is 5.83. The Balaban J connectivity index is 2.09. The van der Waals surface area contributed by atoms with Gasteiger partial charge in [0.05, 0.1) is 6.61 Å². The molecular weight excluding hydrogens is 340 g/mol. The van der Waals surface area contributed by atoms with Gasteiger partial charge in [-0.05, 0) is 39.0 Å². The van der Waals surface area contributed by atoms with Crippen LogP contribution in [0.15, 0.2) is 18.2 Å². The number of fused-ring (bicyclic) bond motifs is 1. The molecule has 8 nitrogen and oxygen atoms in total. The minimum absolute atomic E-state index is 0.0910. The minimum atomic E-state index is -1.16. The summed E-state index contributed by atoms with van der Waals surface area (Å²) in [6.45, 7) is 5.66. The van der Waals surface area contributed by atoms with Crippen LogP contribution < -0.4 is 20.5 Å². The van der Waals surface area contributed by atoms with Gasteiger partial charge in [0.2, 0.25) is 0 Å². The number of rotatable bonds is 6. The van der Waals surface area contributed by atoms with E-state index in [0.717, 1.165) is 17.7 Å². The van der Waals surface area contributed by atoms with Gasteiger partial charge in [0.25, 0.3) is 5.91 Å². The molecule has 2 rings (SSSR count). The lowest BCUT2D eigenvalue weighted by molar-refractivity contribution is -0.149. The molecular formula is C18H22N2O6. The van der Waals surface area contributed by atoms with Gasteiger partial charge in [-0.1, -0.05) is 0 Å². The van der Waals surface area contributed by atoms with Crippen LogP contribution in [-0.4, -0.2) is 36.7 Å². The van der Waals surface area contributed by atoms with Crippen molar-refractivity contribution >= 4 is 24.0 Å². The second-order valence-electron chi connectivity index (χ2n) is 5.83. The number of carbonyl (C=O) groups excluding carboxylic acids is 3. The van der Waals surface area contributed by atoms with Gasteiger partial charge in [-0.15, -0.1) is 0 Å². The predicted octanol–water partition coefficient (Wildman–Crippen LogP) is 1.55. The molecule has 3 amide bonds. The molecule has 2 atom stereocenters. The summed E-state index contributed by atoms with van der Waals surface area (Å²) in [5.74, 6) is -0.153. The standard InChI is InChI=1S/C18H22N2O6/c1-4-24-14-9-13-7-10(2)25-15(13)8-12(14)5-6-16(21)26-11(3)17(22)20-18(19)23/h5-6,8-11H,4,7H2,1-3H3,(H3,19,20,22,23)/b6-5+/t10-,11-/m0/s1. The number of hydrogen-bond acceptors (Lipinski definition) is 6. The fraction of sp³-hybridized carbons (Fsp3) is 0.389. The number of nitrogens with two attached hydrogens (primary N) is 1. The number of esters is 1. The van der Waals surface area contributed by atoms with Crippen LogP contribution in [0.2, 0.25) is 0 Å². The lowest BCUT2D eigenvalue weighted by atomic mass is 10.1. The third-order valence-corrected chi connectivity index (χ3v) is 3.64. The van der Waals surface area contributed by atoms with Crippen LogP contribution in [0.25, 0.3) is 6.08 Å². The number of benzene rings is 1. The van der Waals surface area contributed by atoms with Gasteiger partial charge in [0.15, 0.2) is 6.10 Å². The molecule has 0 fully saturated rings. The molecule has 3 N–H and O–H groups in total.